The Labute approximate surface area is 154 Å². The molecule has 0 spiro atoms. The maximum atomic E-state index is 12.6. The third kappa shape index (κ3) is 4.04. The van der Waals surface area contributed by atoms with Gasteiger partial charge in [-0.3, -0.25) is 9.59 Å². The summed E-state index contributed by atoms with van der Waals surface area (Å²) < 4.78 is 5.61. The second-order valence-corrected chi connectivity index (χ2v) is 6.48. The van der Waals surface area contributed by atoms with Crippen molar-refractivity contribution >= 4 is 23.2 Å². The van der Waals surface area contributed by atoms with Crippen LogP contribution in [0.3, 0.4) is 0 Å². The Morgan fingerprint density at radius 3 is 2.77 bits per heavy atom. The summed E-state index contributed by atoms with van der Waals surface area (Å²) in [5, 5.41) is 2.94. The van der Waals surface area contributed by atoms with Gasteiger partial charge in [-0.1, -0.05) is 13.0 Å². The molecule has 2 amide bonds. The normalized spacial score (nSPS) is 13.8. The van der Waals surface area contributed by atoms with Crippen molar-refractivity contribution in [2.75, 3.05) is 23.4 Å². The van der Waals surface area contributed by atoms with E-state index in [2.05, 4.69) is 12.2 Å². The number of nitrogens with one attached hydrogen (secondary N) is 1. The predicted molar refractivity (Wildman–Crippen MR) is 103 cm³/mol. The maximum absolute atomic E-state index is 12.6. The van der Waals surface area contributed by atoms with Crippen molar-refractivity contribution in [3.8, 4) is 5.75 Å². The van der Waals surface area contributed by atoms with E-state index in [9.17, 15) is 9.59 Å². The Morgan fingerprint density at radius 1 is 1.23 bits per heavy atom. The van der Waals surface area contributed by atoms with Crippen LogP contribution in [-0.2, 0) is 4.79 Å². The maximum Gasteiger partial charge on any atom is 0.255 e. The quantitative estimate of drug-likeness (QED) is 0.849. The Morgan fingerprint density at radius 2 is 2.08 bits per heavy atom. The van der Waals surface area contributed by atoms with Gasteiger partial charge in [-0.05, 0) is 61.7 Å². The van der Waals surface area contributed by atoms with Gasteiger partial charge in [0.25, 0.3) is 5.91 Å². The summed E-state index contributed by atoms with van der Waals surface area (Å²) in [5.41, 5.74) is 3.01. The fourth-order valence-electron chi connectivity index (χ4n) is 3.02. The summed E-state index contributed by atoms with van der Waals surface area (Å²) >= 11 is 0. The van der Waals surface area contributed by atoms with E-state index in [0.29, 0.717) is 25.1 Å². The Kier molecular flexibility index (Phi) is 5.56. The average molecular weight is 352 g/mol. The number of carbonyl (C=O) groups excluding carboxylic acids is 2. The average Bonchev–Trinajstić information content (AvgIpc) is 3.08. The molecule has 0 radical (unpaired) electrons. The lowest BCUT2D eigenvalue weighted by Gasteiger charge is -2.17. The molecule has 5 heteroatoms. The summed E-state index contributed by atoms with van der Waals surface area (Å²) in [6, 6.07) is 12.8. The molecule has 0 bridgehead atoms. The fraction of sp³-hybridized carbons (Fsp3) is 0.333. The molecular weight excluding hydrogens is 328 g/mol. The van der Waals surface area contributed by atoms with E-state index < -0.39 is 0 Å². The highest BCUT2D eigenvalue weighted by molar-refractivity contribution is 6.06. The van der Waals surface area contributed by atoms with Gasteiger partial charge in [-0.2, -0.15) is 0 Å². The zero-order valence-corrected chi connectivity index (χ0v) is 15.2. The molecule has 3 rings (SSSR count). The third-order valence-electron chi connectivity index (χ3n) is 4.41. The molecule has 1 N–H and O–H groups in total. The molecule has 0 saturated carbocycles. The predicted octanol–water partition coefficient (Wildman–Crippen LogP) is 4.16. The number of amides is 2. The number of anilines is 2. The summed E-state index contributed by atoms with van der Waals surface area (Å²) in [6.45, 7) is 5.38. The molecule has 2 aromatic carbocycles. The second kappa shape index (κ2) is 8.04. The molecule has 1 aliphatic heterocycles. The standard InChI is InChI=1S/C21H24N2O3/c1-3-12-26-18-9-10-19(15(2)13-18)22-21(25)16-6-4-7-17(14-16)23-11-5-8-20(23)24/h4,6-7,9-10,13-14H,3,5,8,11-12H2,1-2H3,(H,22,25). The van der Waals surface area contributed by atoms with Crippen LogP contribution in [0, 0.1) is 6.92 Å². The van der Waals surface area contributed by atoms with Gasteiger partial charge in [0, 0.05) is 29.9 Å². The van der Waals surface area contributed by atoms with Crippen molar-refractivity contribution in [1.29, 1.82) is 0 Å². The highest BCUT2D eigenvalue weighted by Crippen LogP contribution is 2.24. The molecule has 136 valence electrons. The van der Waals surface area contributed by atoms with Gasteiger partial charge in [0.2, 0.25) is 5.91 Å². The monoisotopic (exact) mass is 352 g/mol. The van der Waals surface area contributed by atoms with Gasteiger partial charge >= 0.3 is 0 Å². The van der Waals surface area contributed by atoms with E-state index in [0.717, 1.165) is 35.5 Å². The third-order valence-corrected chi connectivity index (χ3v) is 4.41. The Bertz CT molecular complexity index is 817. The molecule has 2 aromatic rings. The number of rotatable bonds is 6. The largest absolute Gasteiger partial charge is 0.494 e. The van der Waals surface area contributed by atoms with Gasteiger partial charge in [-0.25, -0.2) is 0 Å². The molecule has 26 heavy (non-hydrogen) atoms. The fourth-order valence-corrected chi connectivity index (χ4v) is 3.02. The molecule has 0 unspecified atom stereocenters. The molecule has 0 aromatic heterocycles. The van der Waals surface area contributed by atoms with E-state index in [1.807, 2.05) is 37.3 Å². The van der Waals surface area contributed by atoms with Crippen LogP contribution in [0.5, 0.6) is 5.75 Å². The Hall–Kier alpha value is -2.82. The summed E-state index contributed by atoms with van der Waals surface area (Å²) in [5.74, 6) is 0.724. The summed E-state index contributed by atoms with van der Waals surface area (Å²) in [4.78, 5) is 26.3. The van der Waals surface area contributed by atoms with Crippen LogP contribution in [0.15, 0.2) is 42.5 Å². The van der Waals surface area contributed by atoms with Gasteiger partial charge < -0.3 is 15.0 Å². The van der Waals surface area contributed by atoms with Gasteiger partial charge in [0.15, 0.2) is 0 Å². The molecule has 1 heterocycles. The van der Waals surface area contributed by atoms with Crippen LogP contribution in [0.25, 0.3) is 0 Å². The lowest BCUT2D eigenvalue weighted by molar-refractivity contribution is -0.117. The van der Waals surface area contributed by atoms with E-state index in [4.69, 9.17) is 4.74 Å². The van der Waals surface area contributed by atoms with Crippen molar-refractivity contribution in [2.24, 2.45) is 0 Å². The molecular formula is C21H24N2O3. The van der Waals surface area contributed by atoms with Crippen molar-refractivity contribution in [3.05, 3.63) is 53.6 Å². The molecule has 5 nitrogen and oxygen atoms in total. The lowest BCUT2D eigenvalue weighted by atomic mass is 10.1. The number of nitrogens with zero attached hydrogens (tertiary/aromatic N) is 1. The van der Waals surface area contributed by atoms with E-state index >= 15 is 0 Å². The lowest BCUT2D eigenvalue weighted by Crippen LogP contribution is -2.24. The molecule has 0 atom stereocenters. The van der Waals surface area contributed by atoms with Crippen LogP contribution >= 0.6 is 0 Å². The smallest absolute Gasteiger partial charge is 0.255 e. The molecule has 1 saturated heterocycles. The first-order valence-corrected chi connectivity index (χ1v) is 9.03. The number of benzene rings is 2. The highest BCUT2D eigenvalue weighted by Gasteiger charge is 2.22. The molecule has 0 aliphatic carbocycles. The first kappa shape index (κ1) is 18.0. The van der Waals surface area contributed by atoms with E-state index in [-0.39, 0.29) is 11.8 Å². The van der Waals surface area contributed by atoms with Crippen molar-refractivity contribution in [3.63, 3.8) is 0 Å². The zero-order valence-electron chi connectivity index (χ0n) is 15.2. The number of ether oxygens (including phenoxy) is 1. The van der Waals surface area contributed by atoms with Crippen molar-refractivity contribution < 1.29 is 14.3 Å². The van der Waals surface area contributed by atoms with Gasteiger partial charge in [0.1, 0.15) is 5.75 Å². The summed E-state index contributed by atoms with van der Waals surface area (Å²) in [6.07, 6.45) is 2.39. The van der Waals surface area contributed by atoms with Gasteiger partial charge in [-0.15, -0.1) is 0 Å². The van der Waals surface area contributed by atoms with Crippen LogP contribution < -0.4 is 15.0 Å². The summed E-state index contributed by atoms with van der Waals surface area (Å²) in [7, 11) is 0. The first-order valence-electron chi connectivity index (χ1n) is 9.03. The topological polar surface area (TPSA) is 58.6 Å². The number of hydrogen-bond donors (Lipinski definition) is 1. The number of carbonyl (C=O) groups is 2. The minimum atomic E-state index is -0.191. The van der Waals surface area contributed by atoms with Gasteiger partial charge in [0.05, 0.1) is 6.61 Å². The van der Waals surface area contributed by atoms with E-state index in [1.165, 1.54) is 0 Å². The SMILES string of the molecule is CCCOc1ccc(NC(=O)c2cccc(N3CCCC3=O)c2)c(C)c1. The van der Waals surface area contributed by atoms with Crippen LogP contribution in [-0.4, -0.2) is 25.0 Å². The van der Waals surface area contributed by atoms with Crippen LogP contribution in [0.2, 0.25) is 0 Å². The number of hydrogen-bond acceptors (Lipinski definition) is 3. The minimum absolute atomic E-state index is 0.112. The molecule has 1 aliphatic rings. The molecule has 1 fully saturated rings. The highest BCUT2D eigenvalue weighted by atomic mass is 16.5. The minimum Gasteiger partial charge on any atom is -0.494 e. The number of aryl methyl sites for hydroxylation is 1. The first-order chi connectivity index (χ1) is 12.6. The second-order valence-electron chi connectivity index (χ2n) is 6.48. The van der Waals surface area contributed by atoms with E-state index in [1.54, 1.807) is 17.0 Å². The zero-order chi connectivity index (χ0) is 18.5. The van der Waals surface area contributed by atoms with Crippen LogP contribution in [0.1, 0.15) is 42.1 Å². The van der Waals surface area contributed by atoms with Crippen LogP contribution in [0.4, 0.5) is 11.4 Å². The Balaban J connectivity index is 1.73. The van der Waals surface area contributed by atoms with Crippen molar-refractivity contribution in [2.45, 2.75) is 33.1 Å². The van der Waals surface area contributed by atoms with Crippen molar-refractivity contribution in [1.82, 2.24) is 0 Å².